The molecule has 1 aromatic rings. The summed E-state index contributed by atoms with van der Waals surface area (Å²) < 4.78 is 7.11. The van der Waals surface area contributed by atoms with Gasteiger partial charge in [0.1, 0.15) is 0 Å². The zero-order valence-electron chi connectivity index (χ0n) is 9.32. The van der Waals surface area contributed by atoms with Gasteiger partial charge in [0.05, 0.1) is 12.6 Å². The van der Waals surface area contributed by atoms with Crippen LogP contribution in [0.25, 0.3) is 0 Å². The molecular weight excluding hydrogens is 262 g/mol. The zero-order valence-corrected chi connectivity index (χ0v) is 10.9. The van der Waals surface area contributed by atoms with E-state index in [9.17, 15) is 4.79 Å². The van der Waals surface area contributed by atoms with Crippen molar-refractivity contribution in [3.8, 4) is 0 Å². The van der Waals surface area contributed by atoms with E-state index < -0.39 is 0 Å². The largest absolute Gasteiger partial charge is 0.376 e. The molecule has 0 saturated carbocycles. The van der Waals surface area contributed by atoms with Gasteiger partial charge in [-0.2, -0.15) is 0 Å². The summed E-state index contributed by atoms with van der Waals surface area (Å²) in [5.41, 5.74) is -0.205. The number of nitrogens with one attached hydrogen (secondary N) is 1. The molecule has 1 aromatic heterocycles. The van der Waals surface area contributed by atoms with Crippen LogP contribution >= 0.6 is 23.4 Å². The minimum absolute atomic E-state index is 0.115. The van der Waals surface area contributed by atoms with E-state index >= 15 is 0 Å². The van der Waals surface area contributed by atoms with E-state index in [1.165, 1.54) is 11.8 Å². The molecule has 2 rings (SSSR count). The number of hydrogen-bond donors (Lipinski definition) is 1. The molecule has 0 aromatic carbocycles. The van der Waals surface area contributed by atoms with Crippen molar-refractivity contribution >= 4 is 23.4 Å². The summed E-state index contributed by atoms with van der Waals surface area (Å²) >= 11 is 7.08. The number of aromatic amines is 1. The molecule has 0 aliphatic carbocycles. The van der Waals surface area contributed by atoms with Crippen molar-refractivity contribution in [2.75, 3.05) is 12.4 Å². The summed E-state index contributed by atoms with van der Waals surface area (Å²) in [6.45, 7) is 4.93. The van der Waals surface area contributed by atoms with E-state index in [1.807, 2.05) is 0 Å². The number of thioether (sulfide) groups is 1. The van der Waals surface area contributed by atoms with Gasteiger partial charge < -0.3 is 4.74 Å². The van der Waals surface area contributed by atoms with Gasteiger partial charge >= 0.3 is 5.69 Å². The molecule has 1 saturated heterocycles. The third-order valence-corrected chi connectivity index (χ3v) is 3.85. The molecule has 0 radical (unpaired) electrons. The third-order valence-electron chi connectivity index (χ3n) is 2.49. The van der Waals surface area contributed by atoms with Crippen LogP contribution in [-0.4, -0.2) is 33.2 Å². The fraction of sp³-hybridized carbons (Fsp3) is 0.600. The maximum atomic E-state index is 11.6. The SMILES string of the molecule is C=C(Cl)CSc1n[nH]c(=O)n1CC1CCCO1. The van der Waals surface area contributed by atoms with Gasteiger partial charge in [-0.25, -0.2) is 9.89 Å². The lowest BCUT2D eigenvalue weighted by Crippen LogP contribution is -2.25. The van der Waals surface area contributed by atoms with Crippen LogP contribution in [0.4, 0.5) is 0 Å². The average molecular weight is 276 g/mol. The monoisotopic (exact) mass is 275 g/mol. The second-order valence-electron chi connectivity index (χ2n) is 3.86. The highest BCUT2D eigenvalue weighted by Gasteiger charge is 2.19. The Morgan fingerprint density at radius 1 is 1.76 bits per heavy atom. The smallest absolute Gasteiger partial charge is 0.344 e. The average Bonchev–Trinajstić information content (AvgIpc) is 2.89. The van der Waals surface area contributed by atoms with Crippen LogP contribution in [-0.2, 0) is 11.3 Å². The number of hydrogen-bond acceptors (Lipinski definition) is 4. The van der Waals surface area contributed by atoms with Gasteiger partial charge in [0.25, 0.3) is 0 Å². The van der Waals surface area contributed by atoms with Crippen molar-refractivity contribution < 1.29 is 4.74 Å². The van der Waals surface area contributed by atoms with E-state index in [4.69, 9.17) is 16.3 Å². The third kappa shape index (κ3) is 3.37. The van der Waals surface area contributed by atoms with Crippen LogP contribution in [0, 0.1) is 0 Å². The van der Waals surface area contributed by atoms with E-state index in [-0.39, 0.29) is 11.8 Å². The number of aromatic nitrogens is 3. The minimum atomic E-state index is -0.205. The molecule has 5 nitrogen and oxygen atoms in total. The molecule has 17 heavy (non-hydrogen) atoms. The van der Waals surface area contributed by atoms with Gasteiger partial charge in [-0.05, 0) is 12.8 Å². The minimum Gasteiger partial charge on any atom is -0.376 e. The van der Waals surface area contributed by atoms with E-state index in [0.29, 0.717) is 22.5 Å². The molecule has 1 aliphatic rings. The molecule has 94 valence electrons. The van der Waals surface area contributed by atoms with E-state index in [2.05, 4.69) is 16.8 Å². The van der Waals surface area contributed by atoms with Gasteiger partial charge in [0.2, 0.25) is 0 Å². The molecule has 7 heteroatoms. The summed E-state index contributed by atoms with van der Waals surface area (Å²) in [7, 11) is 0. The summed E-state index contributed by atoms with van der Waals surface area (Å²) in [5, 5.41) is 7.57. The van der Waals surface area contributed by atoms with Gasteiger partial charge in [0, 0.05) is 17.4 Å². The molecule has 2 heterocycles. The number of nitrogens with zero attached hydrogens (tertiary/aromatic N) is 2. The zero-order chi connectivity index (χ0) is 12.3. The molecule has 0 bridgehead atoms. The Balaban J connectivity index is 2.05. The Kier molecular flexibility index (Phi) is 4.31. The molecule has 0 spiro atoms. The lowest BCUT2D eigenvalue weighted by atomic mass is 10.2. The first kappa shape index (κ1) is 12.7. The van der Waals surface area contributed by atoms with Crippen molar-refractivity contribution in [3.63, 3.8) is 0 Å². The van der Waals surface area contributed by atoms with Gasteiger partial charge in [-0.15, -0.1) is 5.10 Å². The number of ether oxygens (including phenoxy) is 1. The molecule has 1 N–H and O–H groups in total. The van der Waals surface area contributed by atoms with Crippen molar-refractivity contribution in [2.45, 2.75) is 30.6 Å². The first-order chi connectivity index (χ1) is 8.16. The molecule has 0 amide bonds. The van der Waals surface area contributed by atoms with Crippen LogP contribution in [0.2, 0.25) is 0 Å². The highest BCUT2D eigenvalue weighted by molar-refractivity contribution is 7.99. The van der Waals surface area contributed by atoms with E-state index in [1.54, 1.807) is 4.57 Å². The lowest BCUT2D eigenvalue weighted by molar-refractivity contribution is 0.0941. The first-order valence-corrected chi connectivity index (χ1v) is 6.76. The van der Waals surface area contributed by atoms with E-state index in [0.717, 1.165) is 19.4 Å². The Labute approximate surface area is 108 Å². The summed E-state index contributed by atoms with van der Waals surface area (Å²) in [4.78, 5) is 11.6. The Morgan fingerprint density at radius 3 is 3.24 bits per heavy atom. The molecule has 1 aliphatic heterocycles. The number of rotatable bonds is 5. The summed E-state index contributed by atoms with van der Waals surface area (Å²) in [6, 6.07) is 0. The Hall–Kier alpha value is -0.720. The second-order valence-corrected chi connectivity index (χ2v) is 5.34. The summed E-state index contributed by atoms with van der Waals surface area (Å²) in [6.07, 6.45) is 2.16. The van der Waals surface area contributed by atoms with Gasteiger partial charge in [-0.3, -0.25) is 4.57 Å². The number of H-pyrrole nitrogens is 1. The quantitative estimate of drug-likeness (QED) is 0.829. The number of halogens is 1. The molecule has 1 atom stereocenters. The van der Waals surface area contributed by atoms with Gasteiger partial charge in [0.15, 0.2) is 5.16 Å². The standard InChI is InChI=1S/C10H14ClN3O2S/c1-7(11)6-17-10-13-12-9(15)14(10)5-8-3-2-4-16-8/h8H,1-6H2,(H,12,15). The molecule has 1 unspecified atom stereocenters. The van der Waals surface area contributed by atoms with Crippen LogP contribution in [0.1, 0.15) is 12.8 Å². The fourth-order valence-corrected chi connectivity index (χ4v) is 2.58. The summed E-state index contributed by atoms with van der Waals surface area (Å²) in [5.74, 6) is 0.539. The van der Waals surface area contributed by atoms with Gasteiger partial charge in [-0.1, -0.05) is 29.9 Å². The Morgan fingerprint density at radius 2 is 2.59 bits per heavy atom. The van der Waals surface area contributed by atoms with Crippen molar-refractivity contribution in [1.82, 2.24) is 14.8 Å². The molecular formula is C10H14ClN3O2S. The highest BCUT2D eigenvalue weighted by atomic mass is 35.5. The first-order valence-electron chi connectivity index (χ1n) is 5.39. The maximum Gasteiger partial charge on any atom is 0.344 e. The van der Waals surface area contributed by atoms with Crippen molar-refractivity contribution in [2.24, 2.45) is 0 Å². The maximum absolute atomic E-state index is 11.6. The fourth-order valence-electron chi connectivity index (χ4n) is 1.71. The van der Waals surface area contributed by atoms with Crippen LogP contribution in [0.5, 0.6) is 0 Å². The van der Waals surface area contributed by atoms with Crippen LogP contribution < -0.4 is 5.69 Å². The highest BCUT2D eigenvalue weighted by Crippen LogP contribution is 2.20. The van der Waals surface area contributed by atoms with Crippen LogP contribution in [0.15, 0.2) is 21.6 Å². The van der Waals surface area contributed by atoms with Crippen LogP contribution in [0.3, 0.4) is 0 Å². The topological polar surface area (TPSA) is 59.9 Å². The lowest BCUT2D eigenvalue weighted by Gasteiger charge is -2.10. The normalized spacial score (nSPS) is 19.7. The molecule has 1 fully saturated rings. The predicted octanol–water partition coefficient (Wildman–Crippen LogP) is 1.59. The second kappa shape index (κ2) is 5.75. The van der Waals surface area contributed by atoms with Crippen molar-refractivity contribution in [3.05, 3.63) is 22.1 Å². The Bertz CT molecular complexity index is 451. The van der Waals surface area contributed by atoms with Crippen molar-refractivity contribution in [1.29, 1.82) is 0 Å². The predicted molar refractivity (Wildman–Crippen MR) is 67.5 cm³/mol.